The number of halogens is 1. The van der Waals surface area contributed by atoms with Gasteiger partial charge in [0, 0.05) is 15.6 Å². The number of ether oxygens (including phenoxy) is 1. The van der Waals surface area contributed by atoms with E-state index < -0.39 is 18.5 Å². The van der Waals surface area contributed by atoms with Crippen molar-refractivity contribution < 1.29 is 19.1 Å². The van der Waals surface area contributed by atoms with E-state index >= 15 is 0 Å². The van der Waals surface area contributed by atoms with Gasteiger partial charge in [-0.2, -0.15) is 0 Å². The first-order valence-electron chi connectivity index (χ1n) is 8.18. The van der Waals surface area contributed by atoms with Crippen LogP contribution in [0.3, 0.4) is 0 Å². The Hall–Kier alpha value is -2.51. The van der Waals surface area contributed by atoms with Gasteiger partial charge < -0.3 is 15.4 Å². The van der Waals surface area contributed by atoms with Crippen LogP contribution in [0.4, 0.5) is 11.4 Å². The lowest BCUT2D eigenvalue weighted by Crippen LogP contribution is -2.26. The predicted octanol–water partition coefficient (Wildman–Crippen LogP) is 3.88. The minimum atomic E-state index is -0.645. The number of nitrogens with one attached hydrogen (secondary N) is 2. The van der Waals surface area contributed by atoms with Crippen LogP contribution in [0, 0.1) is 6.92 Å². The third-order valence-electron chi connectivity index (χ3n) is 3.95. The summed E-state index contributed by atoms with van der Waals surface area (Å²) >= 11 is 7.34. The summed E-state index contributed by atoms with van der Waals surface area (Å²) in [5, 5.41) is 5.72. The van der Waals surface area contributed by atoms with Crippen molar-refractivity contribution in [2.45, 2.75) is 24.0 Å². The predicted molar refractivity (Wildman–Crippen MR) is 105 cm³/mol. The average Bonchev–Trinajstić information content (AvgIpc) is 2.63. The molecule has 1 unspecified atom stereocenters. The zero-order valence-electron chi connectivity index (χ0n) is 14.7. The summed E-state index contributed by atoms with van der Waals surface area (Å²) in [6.07, 6.45) is 0. The van der Waals surface area contributed by atoms with Gasteiger partial charge in [-0.05, 0) is 49.7 Å². The molecule has 140 valence electrons. The van der Waals surface area contributed by atoms with Gasteiger partial charge in [0.05, 0.1) is 16.5 Å². The summed E-state index contributed by atoms with van der Waals surface area (Å²) in [6, 6.07) is 10.0. The molecule has 3 rings (SSSR count). The van der Waals surface area contributed by atoms with E-state index in [4.69, 9.17) is 16.3 Å². The smallest absolute Gasteiger partial charge is 0.338 e. The third-order valence-corrected chi connectivity index (χ3v) is 5.37. The number of carbonyl (C=O) groups excluding carboxylic acids is 3. The minimum absolute atomic E-state index is 0.116. The number of hydrogen-bond acceptors (Lipinski definition) is 5. The summed E-state index contributed by atoms with van der Waals surface area (Å²) in [7, 11) is 0. The number of fused-ring (bicyclic) bond motifs is 1. The highest BCUT2D eigenvalue weighted by Crippen LogP contribution is 2.36. The van der Waals surface area contributed by atoms with Crippen molar-refractivity contribution in [2.75, 3.05) is 17.2 Å². The van der Waals surface area contributed by atoms with Gasteiger partial charge in [0.15, 0.2) is 6.61 Å². The van der Waals surface area contributed by atoms with Crippen molar-refractivity contribution in [3.05, 3.63) is 52.5 Å². The normalized spacial score (nSPS) is 15.5. The molecule has 0 fully saturated rings. The molecule has 1 aliphatic rings. The Bertz CT molecular complexity index is 932. The van der Waals surface area contributed by atoms with E-state index in [1.165, 1.54) is 11.8 Å². The molecule has 6 nitrogen and oxygen atoms in total. The van der Waals surface area contributed by atoms with Crippen LogP contribution in [0.15, 0.2) is 41.3 Å². The Kier molecular flexibility index (Phi) is 5.72. The van der Waals surface area contributed by atoms with Crippen LogP contribution >= 0.6 is 23.4 Å². The highest BCUT2D eigenvalue weighted by atomic mass is 35.5. The van der Waals surface area contributed by atoms with Crippen LogP contribution in [0.25, 0.3) is 0 Å². The molecule has 27 heavy (non-hydrogen) atoms. The van der Waals surface area contributed by atoms with E-state index in [0.717, 1.165) is 10.5 Å². The van der Waals surface area contributed by atoms with Crippen molar-refractivity contribution in [1.82, 2.24) is 0 Å². The van der Waals surface area contributed by atoms with Gasteiger partial charge in [0.2, 0.25) is 5.91 Å². The fourth-order valence-electron chi connectivity index (χ4n) is 2.47. The summed E-state index contributed by atoms with van der Waals surface area (Å²) in [4.78, 5) is 36.9. The first-order chi connectivity index (χ1) is 12.8. The van der Waals surface area contributed by atoms with Crippen LogP contribution in [0.1, 0.15) is 22.8 Å². The zero-order valence-corrected chi connectivity index (χ0v) is 16.2. The molecule has 2 aromatic rings. The zero-order chi connectivity index (χ0) is 19.6. The molecule has 0 saturated carbocycles. The van der Waals surface area contributed by atoms with Gasteiger partial charge in [0.25, 0.3) is 5.91 Å². The average molecular weight is 405 g/mol. The summed E-state index contributed by atoms with van der Waals surface area (Å²) in [6.45, 7) is 3.21. The molecule has 1 atom stereocenters. The van der Waals surface area contributed by atoms with Crippen LogP contribution < -0.4 is 10.6 Å². The first-order valence-corrected chi connectivity index (χ1v) is 9.44. The van der Waals surface area contributed by atoms with Crippen LogP contribution in [0.2, 0.25) is 5.02 Å². The standard InChI is InChI=1S/C19H17ClN2O4S/c1-10-3-5-13(20)8-14(10)21-17(23)9-26-19(25)12-4-6-16-15(7-12)22-18(24)11(2)27-16/h3-8,11H,9H2,1-2H3,(H,21,23)(H,22,24). The second kappa shape index (κ2) is 8.02. The van der Waals surface area contributed by atoms with Gasteiger partial charge in [-0.1, -0.05) is 17.7 Å². The number of amides is 2. The molecule has 0 aromatic heterocycles. The summed E-state index contributed by atoms with van der Waals surface area (Å²) < 4.78 is 5.07. The number of hydrogen-bond donors (Lipinski definition) is 2. The molecular weight excluding hydrogens is 388 g/mol. The summed E-state index contributed by atoms with van der Waals surface area (Å²) in [5.41, 5.74) is 2.23. The number of esters is 1. The van der Waals surface area contributed by atoms with E-state index in [9.17, 15) is 14.4 Å². The number of rotatable bonds is 4. The molecule has 2 N–H and O–H groups in total. The topological polar surface area (TPSA) is 84.5 Å². The molecule has 0 saturated heterocycles. The second-order valence-corrected chi connectivity index (χ2v) is 7.86. The molecule has 0 spiro atoms. The molecule has 2 aromatic carbocycles. The van der Waals surface area contributed by atoms with Crippen LogP contribution in [0.5, 0.6) is 0 Å². The molecule has 8 heteroatoms. The van der Waals surface area contributed by atoms with Gasteiger partial charge in [-0.15, -0.1) is 11.8 Å². The van der Waals surface area contributed by atoms with Crippen molar-refractivity contribution in [3.8, 4) is 0 Å². The lowest BCUT2D eigenvalue weighted by Gasteiger charge is -2.21. The number of aryl methyl sites for hydroxylation is 1. The Labute approximate surface area is 165 Å². The van der Waals surface area contributed by atoms with E-state index in [1.807, 2.05) is 13.8 Å². The molecule has 0 aliphatic carbocycles. The Morgan fingerprint density at radius 1 is 1.26 bits per heavy atom. The van der Waals surface area contributed by atoms with Crippen molar-refractivity contribution >= 4 is 52.5 Å². The molecule has 0 bridgehead atoms. The van der Waals surface area contributed by atoms with Crippen molar-refractivity contribution in [2.24, 2.45) is 0 Å². The van der Waals surface area contributed by atoms with Crippen molar-refractivity contribution in [1.29, 1.82) is 0 Å². The fourth-order valence-corrected chi connectivity index (χ4v) is 3.57. The molecule has 1 heterocycles. The van der Waals surface area contributed by atoms with Crippen molar-refractivity contribution in [3.63, 3.8) is 0 Å². The quantitative estimate of drug-likeness (QED) is 0.755. The number of benzene rings is 2. The molecule has 0 radical (unpaired) electrons. The molecular formula is C19H17ClN2O4S. The SMILES string of the molecule is Cc1ccc(Cl)cc1NC(=O)COC(=O)c1ccc2c(c1)NC(=O)C(C)S2. The lowest BCUT2D eigenvalue weighted by molar-refractivity contribution is -0.119. The minimum Gasteiger partial charge on any atom is -0.452 e. The van der Waals surface area contributed by atoms with Gasteiger partial charge in [-0.3, -0.25) is 9.59 Å². The maximum atomic E-state index is 12.2. The monoisotopic (exact) mass is 404 g/mol. The van der Waals surface area contributed by atoms with Crippen LogP contribution in [-0.4, -0.2) is 29.6 Å². The highest BCUT2D eigenvalue weighted by molar-refractivity contribution is 8.00. The van der Waals surface area contributed by atoms with Gasteiger partial charge in [-0.25, -0.2) is 4.79 Å². The third kappa shape index (κ3) is 4.61. The number of carbonyl (C=O) groups is 3. The van der Waals surface area contributed by atoms with Crippen LogP contribution in [-0.2, 0) is 14.3 Å². The van der Waals surface area contributed by atoms with E-state index in [-0.39, 0.29) is 16.7 Å². The first kappa shape index (κ1) is 19.3. The van der Waals surface area contributed by atoms with E-state index in [1.54, 1.807) is 36.4 Å². The van der Waals surface area contributed by atoms with Gasteiger partial charge in [0.1, 0.15) is 0 Å². The fraction of sp³-hybridized carbons (Fsp3) is 0.211. The van der Waals surface area contributed by atoms with Gasteiger partial charge >= 0.3 is 5.97 Å². The Morgan fingerprint density at radius 3 is 2.81 bits per heavy atom. The van der Waals surface area contributed by atoms with E-state index in [0.29, 0.717) is 16.4 Å². The maximum absolute atomic E-state index is 12.2. The lowest BCUT2D eigenvalue weighted by atomic mass is 10.2. The largest absolute Gasteiger partial charge is 0.452 e. The Balaban J connectivity index is 1.61. The molecule has 1 aliphatic heterocycles. The maximum Gasteiger partial charge on any atom is 0.338 e. The highest BCUT2D eigenvalue weighted by Gasteiger charge is 2.24. The Morgan fingerprint density at radius 2 is 2.04 bits per heavy atom. The summed E-state index contributed by atoms with van der Waals surface area (Å²) in [5.74, 6) is -1.23. The number of thioether (sulfide) groups is 1. The molecule has 2 amide bonds. The van der Waals surface area contributed by atoms with E-state index in [2.05, 4.69) is 10.6 Å². The second-order valence-electron chi connectivity index (χ2n) is 6.04. The number of anilines is 2.